The molecular formula is C18H23N3O4. The molecule has 2 aromatic rings. The highest BCUT2D eigenvalue weighted by Crippen LogP contribution is 2.16. The predicted octanol–water partition coefficient (Wildman–Crippen LogP) is 2.67. The zero-order valence-electron chi connectivity index (χ0n) is 14.3. The standard InChI is InChI=1S/C18H23N3O4/c1-2-20-9-3-8-16(17(20)22)19-18(23)21(12-14-6-4-10-24-14)13-15-7-5-11-25-15/h3-4,6,8-10,15H,2,5,7,11-13H2,1H3,(H,19,23). The van der Waals surface area contributed by atoms with Gasteiger partial charge < -0.3 is 23.9 Å². The van der Waals surface area contributed by atoms with Crippen molar-refractivity contribution < 1.29 is 13.9 Å². The van der Waals surface area contributed by atoms with Gasteiger partial charge in [-0.15, -0.1) is 0 Å². The van der Waals surface area contributed by atoms with Crippen molar-refractivity contribution in [3.63, 3.8) is 0 Å². The summed E-state index contributed by atoms with van der Waals surface area (Å²) < 4.78 is 12.6. The average molecular weight is 345 g/mol. The van der Waals surface area contributed by atoms with E-state index in [0.717, 1.165) is 19.4 Å². The molecule has 0 spiro atoms. The molecule has 25 heavy (non-hydrogen) atoms. The van der Waals surface area contributed by atoms with Gasteiger partial charge in [-0.2, -0.15) is 0 Å². The topological polar surface area (TPSA) is 76.7 Å². The lowest BCUT2D eigenvalue weighted by atomic mass is 10.2. The molecule has 1 fully saturated rings. The molecule has 1 aliphatic rings. The molecule has 0 aliphatic carbocycles. The van der Waals surface area contributed by atoms with Gasteiger partial charge in [0, 0.05) is 25.9 Å². The zero-order valence-corrected chi connectivity index (χ0v) is 14.3. The molecule has 0 radical (unpaired) electrons. The fraction of sp³-hybridized carbons (Fsp3) is 0.444. The molecule has 2 aromatic heterocycles. The molecule has 134 valence electrons. The van der Waals surface area contributed by atoms with Crippen molar-refractivity contribution in [2.45, 2.75) is 39.0 Å². The molecule has 2 amide bonds. The van der Waals surface area contributed by atoms with Crippen LogP contribution >= 0.6 is 0 Å². The van der Waals surface area contributed by atoms with Crippen LogP contribution in [0.5, 0.6) is 0 Å². The van der Waals surface area contributed by atoms with E-state index in [1.807, 2.05) is 13.0 Å². The minimum Gasteiger partial charge on any atom is -0.467 e. The van der Waals surface area contributed by atoms with E-state index in [4.69, 9.17) is 9.15 Å². The quantitative estimate of drug-likeness (QED) is 0.873. The third-order valence-electron chi connectivity index (χ3n) is 4.26. The smallest absolute Gasteiger partial charge is 0.322 e. The van der Waals surface area contributed by atoms with Crippen molar-refractivity contribution in [1.82, 2.24) is 9.47 Å². The molecule has 1 unspecified atom stereocenters. The third kappa shape index (κ3) is 4.30. The van der Waals surface area contributed by atoms with Gasteiger partial charge in [-0.25, -0.2) is 4.79 Å². The maximum atomic E-state index is 12.7. The van der Waals surface area contributed by atoms with E-state index in [2.05, 4.69) is 5.32 Å². The van der Waals surface area contributed by atoms with Gasteiger partial charge in [-0.1, -0.05) is 0 Å². The number of hydrogen-bond donors (Lipinski definition) is 1. The van der Waals surface area contributed by atoms with E-state index in [0.29, 0.717) is 25.4 Å². The molecule has 0 aromatic carbocycles. The lowest BCUT2D eigenvalue weighted by molar-refractivity contribution is 0.0803. The number of ether oxygens (including phenoxy) is 1. The maximum absolute atomic E-state index is 12.7. The number of aromatic nitrogens is 1. The number of nitrogens with zero attached hydrogens (tertiary/aromatic N) is 2. The van der Waals surface area contributed by atoms with Gasteiger partial charge >= 0.3 is 6.03 Å². The van der Waals surface area contributed by atoms with Crippen LogP contribution in [0.2, 0.25) is 0 Å². The normalized spacial score (nSPS) is 16.8. The number of carbonyl (C=O) groups excluding carboxylic acids is 1. The molecular weight excluding hydrogens is 322 g/mol. The zero-order chi connectivity index (χ0) is 17.6. The number of anilines is 1. The Morgan fingerprint density at radius 1 is 1.40 bits per heavy atom. The van der Waals surface area contributed by atoms with Gasteiger partial charge in [-0.3, -0.25) is 4.79 Å². The number of amides is 2. The largest absolute Gasteiger partial charge is 0.467 e. The van der Waals surface area contributed by atoms with Crippen LogP contribution < -0.4 is 10.9 Å². The first-order chi connectivity index (χ1) is 12.2. The van der Waals surface area contributed by atoms with E-state index in [1.165, 1.54) is 0 Å². The molecule has 0 bridgehead atoms. The van der Waals surface area contributed by atoms with Crippen molar-refractivity contribution in [1.29, 1.82) is 0 Å². The van der Waals surface area contributed by atoms with Crippen LogP contribution in [0, 0.1) is 0 Å². The summed E-state index contributed by atoms with van der Waals surface area (Å²) in [5.74, 6) is 0.687. The number of urea groups is 1. The van der Waals surface area contributed by atoms with Crippen molar-refractivity contribution in [2.75, 3.05) is 18.5 Å². The van der Waals surface area contributed by atoms with Crippen molar-refractivity contribution in [2.24, 2.45) is 0 Å². The molecule has 0 saturated carbocycles. The number of aryl methyl sites for hydroxylation is 1. The maximum Gasteiger partial charge on any atom is 0.322 e. The van der Waals surface area contributed by atoms with E-state index in [-0.39, 0.29) is 23.4 Å². The van der Waals surface area contributed by atoms with E-state index < -0.39 is 0 Å². The van der Waals surface area contributed by atoms with Crippen LogP contribution in [0.3, 0.4) is 0 Å². The van der Waals surface area contributed by atoms with Gasteiger partial charge in [0.05, 0.1) is 18.9 Å². The summed E-state index contributed by atoms with van der Waals surface area (Å²) in [5.41, 5.74) is 0.0551. The molecule has 1 saturated heterocycles. The Labute approximate surface area is 146 Å². The summed E-state index contributed by atoms with van der Waals surface area (Å²) >= 11 is 0. The lowest BCUT2D eigenvalue weighted by Gasteiger charge is -2.25. The third-order valence-corrected chi connectivity index (χ3v) is 4.26. The fourth-order valence-electron chi connectivity index (χ4n) is 2.92. The molecule has 1 N–H and O–H groups in total. The van der Waals surface area contributed by atoms with Gasteiger partial charge in [0.1, 0.15) is 11.4 Å². The predicted molar refractivity (Wildman–Crippen MR) is 93.5 cm³/mol. The van der Waals surface area contributed by atoms with Crippen molar-refractivity contribution in [3.8, 4) is 0 Å². The Balaban J connectivity index is 1.74. The first kappa shape index (κ1) is 17.3. The van der Waals surface area contributed by atoms with Crippen molar-refractivity contribution >= 4 is 11.7 Å². The highest BCUT2D eigenvalue weighted by atomic mass is 16.5. The minimum atomic E-state index is -0.335. The van der Waals surface area contributed by atoms with Gasteiger partial charge in [0.15, 0.2) is 0 Å². The average Bonchev–Trinajstić information content (AvgIpc) is 3.30. The van der Waals surface area contributed by atoms with Crippen LogP contribution in [0.4, 0.5) is 10.5 Å². The first-order valence-electron chi connectivity index (χ1n) is 8.56. The minimum absolute atomic E-state index is 0.0174. The summed E-state index contributed by atoms with van der Waals surface area (Å²) in [4.78, 5) is 26.7. The fourth-order valence-corrected chi connectivity index (χ4v) is 2.92. The van der Waals surface area contributed by atoms with Crippen LogP contribution in [-0.2, 0) is 17.8 Å². The van der Waals surface area contributed by atoms with Crippen LogP contribution in [0.25, 0.3) is 0 Å². The number of furan rings is 1. The number of rotatable bonds is 6. The Bertz CT molecular complexity index is 748. The summed E-state index contributed by atoms with van der Waals surface area (Å²) in [6, 6.07) is 6.63. The summed E-state index contributed by atoms with van der Waals surface area (Å²) in [7, 11) is 0. The second-order valence-electron chi connectivity index (χ2n) is 6.04. The number of carbonyl (C=O) groups is 1. The Kier molecular flexibility index (Phi) is 5.55. The Hall–Kier alpha value is -2.54. The molecule has 7 heteroatoms. The van der Waals surface area contributed by atoms with Crippen LogP contribution in [-0.4, -0.2) is 34.8 Å². The Morgan fingerprint density at radius 3 is 2.96 bits per heavy atom. The second kappa shape index (κ2) is 8.02. The SMILES string of the molecule is CCn1cccc(NC(=O)N(Cc2ccco2)CC2CCCO2)c1=O. The van der Waals surface area contributed by atoms with E-state index in [1.54, 1.807) is 40.1 Å². The highest BCUT2D eigenvalue weighted by Gasteiger charge is 2.24. The Morgan fingerprint density at radius 2 is 2.28 bits per heavy atom. The van der Waals surface area contributed by atoms with E-state index >= 15 is 0 Å². The van der Waals surface area contributed by atoms with Gasteiger partial charge in [0.2, 0.25) is 0 Å². The van der Waals surface area contributed by atoms with Gasteiger partial charge in [-0.05, 0) is 44.0 Å². The summed E-state index contributed by atoms with van der Waals surface area (Å²) in [6.45, 7) is 3.94. The monoisotopic (exact) mass is 345 g/mol. The molecule has 3 rings (SSSR count). The van der Waals surface area contributed by atoms with Crippen molar-refractivity contribution in [3.05, 3.63) is 52.8 Å². The lowest BCUT2D eigenvalue weighted by Crippen LogP contribution is -2.40. The van der Waals surface area contributed by atoms with Crippen LogP contribution in [0.1, 0.15) is 25.5 Å². The highest BCUT2D eigenvalue weighted by molar-refractivity contribution is 5.89. The molecule has 1 atom stereocenters. The van der Waals surface area contributed by atoms with Gasteiger partial charge in [0.25, 0.3) is 5.56 Å². The number of pyridine rings is 1. The first-order valence-corrected chi connectivity index (χ1v) is 8.56. The summed E-state index contributed by atoms with van der Waals surface area (Å²) in [5, 5.41) is 2.73. The van der Waals surface area contributed by atoms with E-state index in [9.17, 15) is 9.59 Å². The van der Waals surface area contributed by atoms with Crippen LogP contribution in [0.15, 0.2) is 45.9 Å². The number of nitrogens with one attached hydrogen (secondary N) is 1. The summed E-state index contributed by atoms with van der Waals surface area (Å²) in [6.07, 6.45) is 5.22. The molecule has 3 heterocycles. The molecule has 1 aliphatic heterocycles. The molecule has 7 nitrogen and oxygen atoms in total. The second-order valence-corrected chi connectivity index (χ2v) is 6.04. The number of hydrogen-bond acceptors (Lipinski definition) is 4.